The van der Waals surface area contributed by atoms with Gasteiger partial charge in [0.15, 0.2) is 0 Å². The van der Waals surface area contributed by atoms with Crippen LogP contribution in [-0.2, 0) is 6.42 Å². The number of fused-ring (bicyclic) bond motifs is 1. The maximum atomic E-state index is 8.99. The van der Waals surface area contributed by atoms with Crippen LogP contribution >= 0.6 is 11.6 Å². The molecular weight excluding hydrogens is 284 g/mol. The molecule has 0 N–H and O–H groups in total. The van der Waals surface area contributed by atoms with Gasteiger partial charge in [-0.15, -0.1) is 0 Å². The van der Waals surface area contributed by atoms with E-state index in [0.717, 1.165) is 16.7 Å². The van der Waals surface area contributed by atoms with Crippen molar-refractivity contribution in [2.75, 3.05) is 0 Å². The highest BCUT2D eigenvalue weighted by molar-refractivity contribution is 6.32. The van der Waals surface area contributed by atoms with Crippen molar-refractivity contribution in [3.05, 3.63) is 58.9 Å². The molecule has 0 amide bonds. The summed E-state index contributed by atoms with van der Waals surface area (Å²) in [5, 5.41) is 18.4. The largest absolute Gasteiger partial charge is 0.294 e. The van der Waals surface area contributed by atoms with Crippen LogP contribution in [0.2, 0.25) is 5.02 Å². The van der Waals surface area contributed by atoms with E-state index in [0.29, 0.717) is 16.4 Å². The lowest BCUT2D eigenvalue weighted by molar-refractivity contribution is 0.954. The molecule has 0 aliphatic heterocycles. The summed E-state index contributed by atoms with van der Waals surface area (Å²) in [4.78, 5) is 4.48. The van der Waals surface area contributed by atoms with Gasteiger partial charge in [0.05, 0.1) is 45.9 Å². The lowest BCUT2D eigenvalue weighted by atomic mass is 10.2. The lowest BCUT2D eigenvalue weighted by Gasteiger charge is -2.10. The first-order valence-corrected chi connectivity index (χ1v) is 6.65. The second-order valence-electron chi connectivity index (χ2n) is 4.47. The molecule has 3 aromatic rings. The van der Waals surface area contributed by atoms with Crippen molar-refractivity contribution in [2.24, 2.45) is 0 Å². The fourth-order valence-electron chi connectivity index (χ4n) is 2.29. The van der Waals surface area contributed by atoms with Crippen LogP contribution in [-0.4, -0.2) is 9.55 Å². The SMILES string of the molecule is N#CCc1nc2ccccc2n1-c1ccc(C#N)cc1Cl. The van der Waals surface area contributed by atoms with Gasteiger partial charge in [-0.2, -0.15) is 10.5 Å². The molecular formula is C16H9ClN4. The number of para-hydroxylation sites is 2. The molecule has 0 aliphatic carbocycles. The summed E-state index contributed by atoms with van der Waals surface area (Å²) in [6, 6.07) is 16.9. The summed E-state index contributed by atoms with van der Waals surface area (Å²) in [5.74, 6) is 0.630. The fraction of sp³-hybridized carbons (Fsp3) is 0.0625. The molecule has 1 aromatic heterocycles. The van der Waals surface area contributed by atoms with E-state index in [4.69, 9.17) is 22.1 Å². The average Bonchev–Trinajstić information content (AvgIpc) is 2.85. The van der Waals surface area contributed by atoms with E-state index in [-0.39, 0.29) is 6.42 Å². The number of rotatable bonds is 2. The number of imidazole rings is 1. The van der Waals surface area contributed by atoms with E-state index >= 15 is 0 Å². The molecule has 2 aromatic carbocycles. The second-order valence-corrected chi connectivity index (χ2v) is 4.87. The van der Waals surface area contributed by atoms with E-state index in [9.17, 15) is 0 Å². The Morgan fingerprint density at radius 1 is 1.14 bits per heavy atom. The Hall–Kier alpha value is -2.82. The highest BCUT2D eigenvalue weighted by Crippen LogP contribution is 2.27. The van der Waals surface area contributed by atoms with Gasteiger partial charge in [0.25, 0.3) is 0 Å². The van der Waals surface area contributed by atoms with Crippen LogP contribution in [0.15, 0.2) is 42.5 Å². The Labute approximate surface area is 126 Å². The van der Waals surface area contributed by atoms with Crippen LogP contribution in [0.1, 0.15) is 11.4 Å². The third-order valence-electron chi connectivity index (χ3n) is 3.19. The van der Waals surface area contributed by atoms with Gasteiger partial charge in [-0.05, 0) is 30.3 Å². The van der Waals surface area contributed by atoms with Crippen molar-refractivity contribution < 1.29 is 0 Å². The number of aromatic nitrogens is 2. The van der Waals surface area contributed by atoms with Crippen LogP contribution < -0.4 is 0 Å². The van der Waals surface area contributed by atoms with Gasteiger partial charge < -0.3 is 0 Å². The molecule has 0 aliphatic rings. The van der Waals surface area contributed by atoms with Crippen LogP contribution in [0.4, 0.5) is 0 Å². The topological polar surface area (TPSA) is 65.4 Å². The zero-order valence-corrected chi connectivity index (χ0v) is 11.7. The maximum absolute atomic E-state index is 8.99. The van der Waals surface area contributed by atoms with Gasteiger partial charge in [-0.25, -0.2) is 4.98 Å². The van der Waals surface area contributed by atoms with E-state index < -0.39 is 0 Å². The maximum Gasteiger partial charge on any atom is 0.128 e. The van der Waals surface area contributed by atoms with Gasteiger partial charge in [0.2, 0.25) is 0 Å². The first-order chi connectivity index (χ1) is 10.2. The summed E-state index contributed by atoms with van der Waals surface area (Å²) in [7, 11) is 0. The zero-order valence-electron chi connectivity index (χ0n) is 10.9. The Morgan fingerprint density at radius 2 is 1.95 bits per heavy atom. The summed E-state index contributed by atoms with van der Waals surface area (Å²) >= 11 is 6.29. The standard InChI is InChI=1S/C16H9ClN4/c17-12-9-11(10-19)5-6-14(12)21-15-4-2-1-3-13(15)20-16(21)7-8-18/h1-6,9H,7H2. The summed E-state index contributed by atoms with van der Waals surface area (Å²) < 4.78 is 1.86. The molecule has 1 heterocycles. The van der Waals surface area contributed by atoms with Gasteiger partial charge >= 0.3 is 0 Å². The average molecular weight is 293 g/mol. The van der Waals surface area contributed by atoms with Gasteiger partial charge in [0.1, 0.15) is 5.82 Å². The minimum Gasteiger partial charge on any atom is -0.294 e. The molecule has 0 radical (unpaired) electrons. The van der Waals surface area contributed by atoms with Gasteiger partial charge in [-0.3, -0.25) is 4.57 Å². The van der Waals surface area contributed by atoms with Crippen LogP contribution in [0.3, 0.4) is 0 Å². The molecule has 0 saturated carbocycles. The van der Waals surface area contributed by atoms with Crippen molar-refractivity contribution in [3.8, 4) is 17.8 Å². The van der Waals surface area contributed by atoms with E-state index in [1.807, 2.05) is 28.8 Å². The number of halogens is 1. The fourth-order valence-corrected chi connectivity index (χ4v) is 2.56. The number of hydrogen-bond acceptors (Lipinski definition) is 3. The number of benzene rings is 2. The van der Waals surface area contributed by atoms with E-state index in [1.165, 1.54) is 0 Å². The van der Waals surface area contributed by atoms with Crippen LogP contribution in [0, 0.1) is 22.7 Å². The summed E-state index contributed by atoms with van der Waals surface area (Å²) in [6.45, 7) is 0. The molecule has 0 spiro atoms. The Balaban J connectivity index is 2.31. The van der Waals surface area contributed by atoms with E-state index in [1.54, 1.807) is 18.2 Å². The molecule has 21 heavy (non-hydrogen) atoms. The van der Waals surface area contributed by atoms with Gasteiger partial charge in [-0.1, -0.05) is 23.7 Å². The Morgan fingerprint density at radius 3 is 2.67 bits per heavy atom. The van der Waals surface area contributed by atoms with E-state index in [2.05, 4.69) is 17.1 Å². The van der Waals surface area contributed by atoms with Crippen molar-refractivity contribution in [2.45, 2.75) is 6.42 Å². The molecule has 3 rings (SSSR count). The molecule has 0 unspecified atom stereocenters. The molecule has 0 atom stereocenters. The highest BCUT2D eigenvalue weighted by Gasteiger charge is 2.14. The van der Waals surface area contributed by atoms with Crippen molar-refractivity contribution in [3.63, 3.8) is 0 Å². The molecule has 0 saturated heterocycles. The summed E-state index contributed by atoms with van der Waals surface area (Å²) in [6.07, 6.45) is 0.186. The van der Waals surface area contributed by atoms with Crippen LogP contribution in [0.25, 0.3) is 16.7 Å². The predicted molar refractivity (Wildman–Crippen MR) is 80.1 cm³/mol. The lowest BCUT2D eigenvalue weighted by Crippen LogP contribution is -2.01. The highest BCUT2D eigenvalue weighted by atomic mass is 35.5. The molecule has 5 heteroatoms. The minimum absolute atomic E-state index is 0.186. The minimum atomic E-state index is 0.186. The Bertz CT molecular complexity index is 912. The quantitative estimate of drug-likeness (QED) is 0.724. The van der Waals surface area contributed by atoms with Gasteiger partial charge in [0, 0.05) is 0 Å². The third-order valence-corrected chi connectivity index (χ3v) is 3.49. The van der Waals surface area contributed by atoms with Crippen molar-refractivity contribution >= 4 is 22.6 Å². The van der Waals surface area contributed by atoms with Crippen LogP contribution in [0.5, 0.6) is 0 Å². The predicted octanol–water partition coefficient (Wildman–Crippen LogP) is 3.62. The second kappa shape index (κ2) is 5.28. The number of hydrogen-bond donors (Lipinski definition) is 0. The molecule has 0 fully saturated rings. The number of nitriles is 2. The summed E-state index contributed by atoms with van der Waals surface area (Å²) in [5.41, 5.74) is 2.90. The monoisotopic (exact) mass is 292 g/mol. The third kappa shape index (κ3) is 2.23. The van der Waals surface area contributed by atoms with Crippen molar-refractivity contribution in [1.29, 1.82) is 10.5 Å². The molecule has 100 valence electrons. The molecule has 0 bridgehead atoms. The first-order valence-electron chi connectivity index (χ1n) is 6.28. The number of nitrogens with zero attached hydrogens (tertiary/aromatic N) is 4. The molecule has 4 nitrogen and oxygen atoms in total. The normalized spacial score (nSPS) is 10.2. The first kappa shape index (κ1) is 13.2. The zero-order chi connectivity index (χ0) is 14.8. The Kier molecular flexibility index (Phi) is 3.31. The van der Waals surface area contributed by atoms with Crippen molar-refractivity contribution in [1.82, 2.24) is 9.55 Å². The smallest absolute Gasteiger partial charge is 0.128 e.